The molecule has 100 valence electrons. The molecule has 0 aromatic heterocycles. The van der Waals surface area contributed by atoms with E-state index in [-0.39, 0.29) is 5.92 Å². The van der Waals surface area contributed by atoms with E-state index >= 15 is 0 Å². The minimum atomic E-state index is -0.736. The molecule has 1 unspecified atom stereocenters. The predicted molar refractivity (Wildman–Crippen MR) is 73.5 cm³/mol. The van der Waals surface area contributed by atoms with Crippen molar-refractivity contribution in [2.24, 2.45) is 5.92 Å². The maximum absolute atomic E-state index is 10.8. The van der Waals surface area contributed by atoms with Crippen LogP contribution in [-0.4, -0.2) is 29.1 Å². The van der Waals surface area contributed by atoms with Gasteiger partial charge in [-0.2, -0.15) is 0 Å². The highest BCUT2D eigenvalue weighted by atomic mass is 16.4. The molecule has 0 fully saturated rings. The van der Waals surface area contributed by atoms with E-state index in [9.17, 15) is 4.79 Å². The minimum absolute atomic E-state index is 0.330. The summed E-state index contributed by atoms with van der Waals surface area (Å²) in [5, 5.41) is 8.92. The van der Waals surface area contributed by atoms with Gasteiger partial charge in [0.25, 0.3) is 0 Å². The minimum Gasteiger partial charge on any atom is -0.481 e. The van der Waals surface area contributed by atoms with Crippen molar-refractivity contribution in [1.29, 1.82) is 0 Å². The second-order valence-corrected chi connectivity index (χ2v) is 5.27. The van der Waals surface area contributed by atoms with Crippen LogP contribution in [-0.2, 0) is 17.8 Å². The molecule has 1 N–H and O–H groups in total. The molecule has 0 spiro atoms. The van der Waals surface area contributed by atoms with Crippen LogP contribution in [0.25, 0.3) is 0 Å². The highest BCUT2D eigenvalue weighted by Crippen LogP contribution is 2.13. The SMILES string of the molecule is CC(Cc1cccc(CN(C)C(C)C)c1)C(=O)O. The molecule has 1 aromatic rings. The molecule has 18 heavy (non-hydrogen) atoms. The molecule has 0 radical (unpaired) electrons. The van der Waals surface area contributed by atoms with Gasteiger partial charge >= 0.3 is 5.97 Å². The molecular formula is C15H23NO2. The number of benzene rings is 1. The Labute approximate surface area is 109 Å². The van der Waals surface area contributed by atoms with Gasteiger partial charge < -0.3 is 5.11 Å². The first-order valence-electron chi connectivity index (χ1n) is 6.41. The fourth-order valence-corrected chi connectivity index (χ4v) is 1.77. The average molecular weight is 249 g/mol. The number of hydrogen-bond donors (Lipinski definition) is 1. The Kier molecular flexibility index (Phi) is 5.35. The van der Waals surface area contributed by atoms with Gasteiger partial charge in [-0.3, -0.25) is 9.69 Å². The van der Waals surface area contributed by atoms with Crippen LogP contribution in [0.2, 0.25) is 0 Å². The van der Waals surface area contributed by atoms with E-state index in [1.54, 1.807) is 6.92 Å². The molecule has 0 aliphatic rings. The first kappa shape index (κ1) is 14.7. The van der Waals surface area contributed by atoms with Gasteiger partial charge in [0.2, 0.25) is 0 Å². The lowest BCUT2D eigenvalue weighted by atomic mass is 9.99. The van der Waals surface area contributed by atoms with Crippen molar-refractivity contribution in [3.63, 3.8) is 0 Å². The Morgan fingerprint density at radius 1 is 1.28 bits per heavy atom. The van der Waals surface area contributed by atoms with E-state index in [0.29, 0.717) is 12.5 Å². The number of aliphatic carboxylic acids is 1. The maximum Gasteiger partial charge on any atom is 0.306 e. The standard InChI is InChI=1S/C15H23NO2/c1-11(2)16(4)10-14-7-5-6-13(9-14)8-12(3)15(17)18/h5-7,9,11-12H,8,10H2,1-4H3,(H,17,18). The van der Waals surface area contributed by atoms with Crippen LogP contribution in [0.1, 0.15) is 31.9 Å². The summed E-state index contributed by atoms with van der Waals surface area (Å²) in [6, 6.07) is 8.71. The van der Waals surface area contributed by atoms with Gasteiger partial charge in [0.15, 0.2) is 0 Å². The van der Waals surface area contributed by atoms with Crippen molar-refractivity contribution in [2.45, 2.75) is 39.8 Å². The molecule has 1 rings (SSSR count). The van der Waals surface area contributed by atoms with Gasteiger partial charge in [0, 0.05) is 12.6 Å². The van der Waals surface area contributed by atoms with Gasteiger partial charge in [0.05, 0.1) is 5.92 Å². The first-order chi connectivity index (χ1) is 8.40. The lowest BCUT2D eigenvalue weighted by molar-refractivity contribution is -0.141. The molecule has 0 aliphatic heterocycles. The van der Waals surface area contributed by atoms with Crippen LogP contribution in [0.3, 0.4) is 0 Å². The zero-order valence-electron chi connectivity index (χ0n) is 11.7. The van der Waals surface area contributed by atoms with E-state index < -0.39 is 5.97 Å². The van der Waals surface area contributed by atoms with Crippen LogP contribution in [0.4, 0.5) is 0 Å². The number of rotatable bonds is 6. The fraction of sp³-hybridized carbons (Fsp3) is 0.533. The van der Waals surface area contributed by atoms with E-state index in [0.717, 1.165) is 12.1 Å². The summed E-state index contributed by atoms with van der Waals surface area (Å²) >= 11 is 0. The quantitative estimate of drug-likeness (QED) is 0.842. The second kappa shape index (κ2) is 6.55. The van der Waals surface area contributed by atoms with Crippen LogP contribution >= 0.6 is 0 Å². The Bertz CT molecular complexity index is 401. The van der Waals surface area contributed by atoms with Crippen molar-refractivity contribution >= 4 is 5.97 Å². The van der Waals surface area contributed by atoms with Crippen molar-refractivity contribution in [3.8, 4) is 0 Å². The highest BCUT2D eigenvalue weighted by Gasteiger charge is 2.12. The predicted octanol–water partition coefficient (Wildman–Crippen LogP) is 2.79. The molecule has 1 aromatic carbocycles. The average Bonchev–Trinajstić information content (AvgIpc) is 2.29. The zero-order chi connectivity index (χ0) is 13.7. The third-order valence-electron chi connectivity index (χ3n) is 3.27. The van der Waals surface area contributed by atoms with Crippen LogP contribution in [0, 0.1) is 5.92 Å². The normalized spacial score (nSPS) is 13.0. The zero-order valence-corrected chi connectivity index (χ0v) is 11.7. The Hall–Kier alpha value is -1.35. The molecular weight excluding hydrogens is 226 g/mol. The number of carboxylic acids is 1. The summed E-state index contributed by atoms with van der Waals surface area (Å²) in [5.74, 6) is -1.07. The van der Waals surface area contributed by atoms with E-state index in [2.05, 4.69) is 37.9 Å². The van der Waals surface area contributed by atoms with Crippen LogP contribution in [0.15, 0.2) is 24.3 Å². The lowest BCUT2D eigenvalue weighted by Crippen LogP contribution is -2.25. The molecule has 0 saturated carbocycles. The number of hydrogen-bond acceptors (Lipinski definition) is 2. The van der Waals surface area contributed by atoms with Crippen molar-refractivity contribution in [1.82, 2.24) is 4.90 Å². The van der Waals surface area contributed by atoms with Crippen molar-refractivity contribution in [2.75, 3.05) is 7.05 Å². The molecule has 3 nitrogen and oxygen atoms in total. The topological polar surface area (TPSA) is 40.5 Å². The molecule has 0 saturated heterocycles. The van der Waals surface area contributed by atoms with E-state index in [4.69, 9.17) is 5.11 Å². The summed E-state index contributed by atoms with van der Waals surface area (Å²) < 4.78 is 0. The molecule has 0 bridgehead atoms. The van der Waals surface area contributed by atoms with E-state index in [1.165, 1.54) is 5.56 Å². The van der Waals surface area contributed by atoms with Crippen LogP contribution in [0.5, 0.6) is 0 Å². The van der Waals surface area contributed by atoms with Crippen molar-refractivity contribution in [3.05, 3.63) is 35.4 Å². The summed E-state index contributed by atoms with van der Waals surface area (Å²) in [6.45, 7) is 6.97. The van der Waals surface area contributed by atoms with Gasteiger partial charge in [-0.15, -0.1) is 0 Å². The second-order valence-electron chi connectivity index (χ2n) is 5.27. The largest absolute Gasteiger partial charge is 0.481 e. The molecule has 0 aliphatic carbocycles. The molecule has 1 atom stereocenters. The Morgan fingerprint density at radius 2 is 1.89 bits per heavy atom. The summed E-state index contributed by atoms with van der Waals surface area (Å²) in [4.78, 5) is 13.1. The Balaban J connectivity index is 2.70. The van der Waals surface area contributed by atoms with Gasteiger partial charge in [-0.1, -0.05) is 31.2 Å². The number of carboxylic acid groups (broad SMARTS) is 1. The van der Waals surface area contributed by atoms with E-state index in [1.807, 2.05) is 12.1 Å². The van der Waals surface area contributed by atoms with Gasteiger partial charge in [-0.25, -0.2) is 0 Å². The van der Waals surface area contributed by atoms with Crippen LogP contribution < -0.4 is 0 Å². The monoisotopic (exact) mass is 249 g/mol. The van der Waals surface area contributed by atoms with Crippen molar-refractivity contribution < 1.29 is 9.90 Å². The first-order valence-corrected chi connectivity index (χ1v) is 6.41. The number of carbonyl (C=O) groups is 1. The maximum atomic E-state index is 10.8. The third kappa shape index (κ3) is 4.49. The smallest absolute Gasteiger partial charge is 0.306 e. The molecule has 3 heteroatoms. The fourth-order valence-electron chi connectivity index (χ4n) is 1.77. The highest BCUT2D eigenvalue weighted by molar-refractivity contribution is 5.69. The molecule has 0 amide bonds. The Morgan fingerprint density at radius 3 is 2.44 bits per heavy atom. The summed E-state index contributed by atoms with van der Waals surface area (Å²) in [6.07, 6.45) is 0.592. The lowest BCUT2D eigenvalue weighted by Gasteiger charge is -2.21. The summed E-state index contributed by atoms with van der Waals surface area (Å²) in [5.41, 5.74) is 2.33. The number of nitrogens with zero attached hydrogens (tertiary/aromatic N) is 1. The molecule has 0 heterocycles. The van der Waals surface area contributed by atoms with Gasteiger partial charge in [-0.05, 0) is 38.4 Å². The summed E-state index contributed by atoms with van der Waals surface area (Å²) in [7, 11) is 2.09. The van der Waals surface area contributed by atoms with Gasteiger partial charge in [0.1, 0.15) is 0 Å². The third-order valence-corrected chi connectivity index (χ3v) is 3.27.